The standard InChI is InChI=1S/C16H29N3/c1-3-5-12-19-14(9-4-2)18-15(16(19)17)13-10-7-6-8-11-13/h13H,3-12,17H2,1-2H3. The molecule has 1 aromatic rings. The van der Waals surface area contributed by atoms with E-state index in [2.05, 4.69) is 18.4 Å². The van der Waals surface area contributed by atoms with Gasteiger partial charge in [0.2, 0.25) is 0 Å². The second kappa shape index (κ2) is 6.97. The number of rotatable bonds is 6. The average molecular weight is 263 g/mol. The minimum Gasteiger partial charge on any atom is -0.384 e. The van der Waals surface area contributed by atoms with Crippen LogP contribution in [0.25, 0.3) is 0 Å². The van der Waals surface area contributed by atoms with Gasteiger partial charge in [-0.2, -0.15) is 0 Å². The summed E-state index contributed by atoms with van der Waals surface area (Å²) < 4.78 is 2.29. The number of nitrogens with two attached hydrogens (primary N) is 1. The lowest BCUT2D eigenvalue weighted by molar-refractivity contribution is 0.438. The Labute approximate surface area is 117 Å². The van der Waals surface area contributed by atoms with E-state index in [9.17, 15) is 0 Å². The van der Waals surface area contributed by atoms with E-state index in [4.69, 9.17) is 10.7 Å². The van der Waals surface area contributed by atoms with Crippen LogP contribution < -0.4 is 5.73 Å². The number of nitrogen functional groups attached to an aromatic ring is 1. The van der Waals surface area contributed by atoms with E-state index in [0.29, 0.717) is 5.92 Å². The van der Waals surface area contributed by atoms with Crippen LogP contribution in [0.15, 0.2) is 0 Å². The minimum atomic E-state index is 0.618. The van der Waals surface area contributed by atoms with Crippen molar-refractivity contribution in [2.45, 2.75) is 84.1 Å². The van der Waals surface area contributed by atoms with Crippen LogP contribution in [-0.4, -0.2) is 9.55 Å². The predicted octanol–water partition coefficient (Wildman–Crippen LogP) is 4.27. The van der Waals surface area contributed by atoms with Gasteiger partial charge in [0.15, 0.2) is 0 Å². The molecule has 0 aliphatic heterocycles. The van der Waals surface area contributed by atoms with Crippen molar-refractivity contribution < 1.29 is 0 Å². The van der Waals surface area contributed by atoms with Crippen molar-refractivity contribution in [2.75, 3.05) is 5.73 Å². The molecule has 0 atom stereocenters. The van der Waals surface area contributed by atoms with Crippen molar-refractivity contribution in [3.63, 3.8) is 0 Å². The molecule has 1 aliphatic rings. The zero-order valence-electron chi connectivity index (χ0n) is 12.6. The zero-order chi connectivity index (χ0) is 13.7. The summed E-state index contributed by atoms with van der Waals surface area (Å²) in [5.74, 6) is 2.80. The fourth-order valence-electron chi connectivity index (χ4n) is 3.19. The number of imidazole rings is 1. The molecule has 0 aromatic carbocycles. The Kier molecular flexibility index (Phi) is 5.29. The lowest BCUT2D eigenvalue weighted by Crippen LogP contribution is -2.10. The van der Waals surface area contributed by atoms with Gasteiger partial charge in [-0.3, -0.25) is 0 Å². The normalized spacial score (nSPS) is 16.9. The van der Waals surface area contributed by atoms with Gasteiger partial charge >= 0.3 is 0 Å². The molecule has 0 radical (unpaired) electrons. The van der Waals surface area contributed by atoms with Gasteiger partial charge in [-0.1, -0.05) is 39.5 Å². The molecule has 0 spiro atoms. The zero-order valence-corrected chi connectivity index (χ0v) is 12.6. The number of unbranched alkanes of at least 4 members (excludes halogenated alkanes) is 1. The number of aryl methyl sites for hydroxylation is 1. The van der Waals surface area contributed by atoms with Crippen molar-refractivity contribution in [1.29, 1.82) is 0 Å². The molecular weight excluding hydrogens is 234 g/mol. The van der Waals surface area contributed by atoms with Crippen LogP contribution in [0.1, 0.15) is 82.7 Å². The highest BCUT2D eigenvalue weighted by molar-refractivity contribution is 5.41. The number of anilines is 1. The number of hydrogen-bond acceptors (Lipinski definition) is 2. The molecule has 1 fully saturated rings. The van der Waals surface area contributed by atoms with Gasteiger partial charge in [0.05, 0.1) is 5.69 Å². The lowest BCUT2D eigenvalue weighted by Gasteiger charge is -2.20. The van der Waals surface area contributed by atoms with Crippen molar-refractivity contribution >= 4 is 5.82 Å². The molecule has 2 rings (SSSR count). The van der Waals surface area contributed by atoms with Gasteiger partial charge < -0.3 is 10.3 Å². The van der Waals surface area contributed by atoms with Crippen LogP contribution in [0.2, 0.25) is 0 Å². The third kappa shape index (κ3) is 3.31. The van der Waals surface area contributed by atoms with Crippen LogP contribution in [0.4, 0.5) is 5.82 Å². The van der Waals surface area contributed by atoms with Crippen molar-refractivity contribution in [2.24, 2.45) is 0 Å². The first-order valence-corrected chi connectivity index (χ1v) is 8.12. The van der Waals surface area contributed by atoms with E-state index in [-0.39, 0.29) is 0 Å². The molecule has 0 saturated heterocycles. The Morgan fingerprint density at radius 1 is 1.16 bits per heavy atom. The maximum Gasteiger partial charge on any atom is 0.127 e. The number of nitrogens with zero attached hydrogens (tertiary/aromatic N) is 2. The molecule has 1 aliphatic carbocycles. The molecule has 19 heavy (non-hydrogen) atoms. The summed E-state index contributed by atoms with van der Waals surface area (Å²) in [6, 6.07) is 0. The third-order valence-corrected chi connectivity index (χ3v) is 4.32. The van der Waals surface area contributed by atoms with Crippen molar-refractivity contribution in [3.8, 4) is 0 Å². The molecule has 0 amide bonds. The Morgan fingerprint density at radius 2 is 1.89 bits per heavy atom. The molecule has 0 unspecified atom stereocenters. The average Bonchev–Trinajstić information content (AvgIpc) is 2.75. The molecule has 3 nitrogen and oxygen atoms in total. The van der Waals surface area contributed by atoms with Crippen molar-refractivity contribution in [1.82, 2.24) is 9.55 Å². The summed E-state index contributed by atoms with van der Waals surface area (Å²) in [5, 5.41) is 0. The van der Waals surface area contributed by atoms with Crippen LogP contribution in [0, 0.1) is 0 Å². The highest BCUT2D eigenvalue weighted by Crippen LogP contribution is 2.35. The fraction of sp³-hybridized carbons (Fsp3) is 0.812. The van der Waals surface area contributed by atoms with Gasteiger partial charge in [0.25, 0.3) is 0 Å². The minimum absolute atomic E-state index is 0.618. The quantitative estimate of drug-likeness (QED) is 0.833. The van der Waals surface area contributed by atoms with E-state index in [1.165, 1.54) is 56.5 Å². The first-order valence-electron chi connectivity index (χ1n) is 8.12. The highest BCUT2D eigenvalue weighted by atomic mass is 15.1. The van der Waals surface area contributed by atoms with E-state index < -0.39 is 0 Å². The molecule has 108 valence electrons. The monoisotopic (exact) mass is 263 g/mol. The molecule has 3 heteroatoms. The Morgan fingerprint density at radius 3 is 2.53 bits per heavy atom. The highest BCUT2D eigenvalue weighted by Gasteiger charge is 2.23. The first kappa shape index (κ1) is 14.4. The molecule has 2 N–H and O–H groups in total. The van der Waals surface area contributed by atoms with Crippen LogP contribution >= 0.6 is 0 Å². The molecule has 1 heterocycles. The number of aromatic nitrogens is 2. The maximum atomic E-state index is 6.41. The van der Waals surface area contributed by atoms with E-state index in [1.54, 1.807) is 0 Å². The van der Waals surface area contributed by atoms with Gasteiger partial charge in [-0.25, -0.2) is 4.98 Å². The smallest absolute Gasteiger partial charge is 0.127 e. The van der Waals surface area contributed by atoms with Gasteiger partial charge in [0, 0.05) is 18.9 Å². The Balaban J connectivity index is 2.22. The summed E-state index contributed by atoms with van der Waals surface area (Å²) in [4.78, 5) is 4.91. The van der Waals surface area contributed by atoms with E-state index in [1.807, 2.05) is 0 Å². The topological polar surface area (TPSA) is 43.8 Å². The Bertz CT molecular complexity index is 389. The molecule has 1 saturated carbocycles. The fourth-order valence-corrected chi connectivity index (χ4v) is 3.19. The molecule has 0 bridgehead atoms. The Hall–Kier alpha value is -0.990. The van der Waals surface area contributed by atoms with Crippen LogP contribution in [0.5, 0.6) is 0 Å². The SMILES string of the molecule is CCCCn1c(CCC)nc(C2CCCCC2)c1N. The van der Waals surface area contributed by atoms with Crippen LogP contribution in [0.3, 0.4) is 0 Å². The lowest BCUT2D eigenvalue weighted by atomic mass is 9.87. The maximum absolute atomic E-state index is 6.41. The van der Waals surface area contributed by atoms with Gasteiger partial charge in [-0.15, -0.1) is 0 Å². The third-order valence-electron chi connectivity index (χ3n) is 4.32. The summed E-state index contributed by atoms with van der Waals surface area (Å²) in [7, 11) is 0. The largest absolute Gasteiger partial charge is 0.384 e. The predicted molar refractivity (Wildman–Crippen MR) is 81.4 cm³/mol. The molecule has 1 aromatic heterocycles. The van der Waals surface area contributed by atoms with Gasteiger partial charge in [-0.05, 0) is 25.7 Å². The second-order valence-corrected chi connectivity index (χ2v) is 5.89. The first-order chi connectivity index (χ1) is 9.27. The van der Waals surface area contributed by atoms with E-state index >= 15 is 0 Å². The summed E-state index contributed by atoms with van der Waals surface area (Å²) >= 11 is 0. The summed E-state index contributed by atoms with van der Waals surface area (Å²) in [6.07, 6.45) is 11.2. The summed E-state index contributed by atoms with van der Waals surface area (Å²) in [6.45, 7) is 5.49. The summed E-state index contributed by atoms with van der Waals surface area (Å²) in [5.41, 5.74) is 7.61. The molecular formula is C16H29N3. The van der Waals surface area contributed by atoms with Gasteiger partial charge in [0.1, 0.15) is 11.6 Å². The van der Waals surface area contributed by atoms with E-state index in [0.717, 1.165) is 25.2 Å². The number of hydrogen-bond donors (Lipinski definition) is 1. The van der Waals surface area contributed by atoms with Crippen molar-refractivity contribution in [3.05, 3.63) is 11.5 Å². The second-order valence-electron chi connectivity index (χ2n) is 5.89. The van der Waals surface area contributed by atoms with Crippen LogP contribution in [-0.2, 0) is 13.0 Å².